The molecule has 0 aliphatic rings. The Bertz CT molecular complexity index is 174. The van der Waals surface area contributed by atoms with Crippen LogP contribution in [0.3, 0.4) is 0 Å². The van der Waals surface area contributed by atoms with E-state index in [2.05, 4.69) is 4.98 Å². The minimum Gasteiger partial charge on any atom is -0.396 e. The van der Waals surface area contributed by atoms with Crippen LogP contribution in [0.25, 0.3) is 0 Å². The van der Waals surface area contributed by atoms with Gasteiger partial charge in [0.15, 0.2) is 0 Å². The fourth-order valence-electron chi connectivity index (χ4n) is 0.760. The van der Waals surface area contributed by atoms with E-state index < -0.39 is 0 Å². The Morgan fingerprint density at radius 3 is 3.10 bits per heavy atom. The first-order valence-electron chi connectivity index (χ1n) is 3.31. The van der Waals surface area contributed by atoms with Crippen molar-refractivity contribution in [2.75, 3.05) is 6.61 Å². The number of thiazole rings is 1. The number of nitrogens with zero attached hydrogens (tertiary/aromatic N) is 1. The summed E-state index contributed by atoms with van der Waals surface area (Å²) >= 11 is 1.60. The predicted octanol–water partition coefficient (Wildman–Crippen LogP) is 1.31. The van der Waals surface area contributed by atoms with Crippen molar-refractivity contribution < 1.29 is 5.11 Å². The third-order valence-electron chi connectivity index (χ3n) is 1.35. The van der Waals surface area contributed by atoms with Crippen molar-refractivity contribution >= 4 is 11.3 Å². The van der Waals surface area contributed by atoms with Gasteiger partial charge in [0.25, 0.3) is 0 Å². The molecular weight excluding hydrogens is 146 g/mol. The van der Waals surface area contributed by atoms with Gasteiger partial charge in [0.1, 0.15) is 0 Å². The van der Waals surface area contributed by atoms with E-state index in [1.54, 1.807) is 11.3 Å². The smallest absolute Gasteiger partial charge is 0.0794 e. The van der Waals surface area contributed by atoms with Gasteiger partial charge in [0.05, 0.1) is 11.2 Å². The van der Waals surface area contributed by atoms with Gasteiger partial charge < -0.3 is 5.11 Å². The second kappa shape index (κ2) is 3.68. The highest BCUT2D eigenvalue weighted by Gasteiger charge is 2.02. The molecule has 1 N–H and O–H groups in total. The summed E-state index contributed by atoms with van der Waals surface area (Å²) in [7, 11) is 0. The lowest BCUT2D eigenvalue weighted by molar-refractivity contribution is 0.236. The van der Waals surface area contributed by atoms with E-state index in [1.165, 1.54) is 0 Å². The van der Waals surface area contributed by atoms with Crippen molar-refractivity contribution in [3.8, 4) is 0 Å². The largest absolute Gasteiger partial charge is 0.396 e. The first kappa shape index (κ1) is 7.69. The molecule has 0 bridgehead atoms. The highest BCUT2D eigenvalue weighted by atomic mass is 32.1. The van der Waals surface area contributed by atoms with Crippen molar-refractivity contribution in [1.82, 2.24) is 4.98 Å². The van der Waals surface area contributed by atoms with Crippen LogP contribution in [0.15, 0.2) is 10.9 Å². The second-order valence-corrected chi connectivity index (χ2v) is 3.19. The van der Waals surface area contributed by atoms with Crippen LogP contribution in [-0.2, 0) is 6.42 Å². The highest BCUT2D eigenvalue weighted by Crippen LogP contribution is 2.07. The van der Waals surface area contributed by atoms with E-state index in [-0.39, 0.29) is 6.61 Å². The molecule has 0 aliphatic heterocycles. The van der Waals surface area contributed by atoms with Crippen LogP contribution in [0, 0.1) is 5.92 Å². The minimum absolute atomic E-state index is 0.248. The summed E-state index contributed by atoms with van der Waals surface area (Å²) in [5, 5.41) is 10.7. The topological polar surface area (TPSA) is 33.1 Å². The molecule has 1 aromatic rings. The highest BCUT2D eigenvalue weighted by molar-refractivity contribution is 7.07. The molecule has 3 heteroatoms. The van der Waals surface area contributed by atoms with E-state index >= 15 is 0 Å². The SMILES string of the molecule is CC(CO)Cc1cscn1. The molecule has 0 fully saturated rings. The summed E-state index contributed by atoms with van der Waals surface area (Å²) in [5.41, 5.74) is 2.91. The van der Waals surface area contributed by atoms with Crippen LogP contribution in [0.2, 0.25) is 0 Å². The molecule has 1 heterocycles. The molecule has 0 spiro atoms. The summed E-state index contributed by atoms with van der Waals surface area (Å²) in [6.07, 6.45) is 0.889. The van der Waals surface area contributed by atoms with Crippen molar-refractivity contribution in [3.05, 3.63) is 16.6 Å². The molecular formula is C7H11NOS. The maximum absolute atomic E-state index is 8.71. The van der Waals surface area contributed by atoms with Gasteiger partial charge >= 0.3 is 0 Å². The Labute approximate surface area is 64.5 Å². The lowest BCUT2D eigenvalue weighted by Crippen LogP contribution is -2.04. The first-order valence-corrected chi connectivity index (χ1v) is 4.25. The average Bonchev–Trinajstić information content (AvgIpc) is 2.40. The van der Waals surface area contributed by atoms with Crippen molar-refractivity contribution in [3.63, 3.8) is 0 Å². The molecule has 0 radical (unpaired) electrons. The van der Waals surface area contributed by atoms with Gasteiger partial charge in [-0.1, -0.05) is 6.92 Å². The van der Waals surface area contributed by atoms with Crippen LogP contribution >= 0.6 is 11.3 Å². The van der Waals surface area contributed by atoms with Gasteiger partial charge in [0, 0.05) is 12.0 Å². The third-order valence-corrected chi connectivity index (χ3v) is 1.99. The Balaban J connectivity index is 2.40. The number of aromatic nitrogens is 1. The standard InChI is InChI=1S/C7H11NOS/c1-6(3-9)2-7-4-10-5-8-7/h4-6,9H,2-3H2,1H3. The molecule has 1 unspecified atom stereocenters. The molecule has 0 amide bonds. The van der Waals surface area contributed by atoms with Gasteiger partial charge in [0.2, 0.25) is 0 Å². The van der Waals surface area contributed by atoms with Gasteiger partial charge in [-0.15, -0.1) is 11.3 Å². The summed E-state index contributed by atoms with van der Waals surface area (Å²) in [6, 6.07) is 0. The zero-order valence-corrected chi connectivity index (χ0v) is 6.77. The molecule has 2 nitrogen and oxygen atoms in total. The lowest BCUT2D eigenvalue weighted by atomic mass is 10.1. The van der Waals surface area contributed by atoms with Gasteiger partial charge in [-0.25, -0.2) is 4.98 Å². The van der Waals surface area contributed by atoms with Crippen molar-refractivity contribution in [1.29, 1.82) is 0 Å². The summed E-state index contributed by atoms with van der Waals surface area (Å²) in [5.74, 6) is 0.335. The van der Waals surface area contributed by atoms with Crippen LogP contribution in [0.1, 0.15) is 12.6 Å². The normalized spacial score (nSPS) is 13.4. The molecule has 1 aromatic heterocycles. The molecule has 1 rings (SSSR count). The fourth-order valence-corrected chi connectivity index (χ4v) is 1.33. The van der Waals surface area contributed by atoms with Gasteiger partial charge in [-0.3, -0.25) is 0 Å². The molecule has 56 valence electrons. The number of hydrogen-bond donors (Lipinski definition) is 1. The molecule has 1 atom stereocenters. The van der Waals surface area contributed by atoms with E-state index in [1.807, 2.05) is 17.8 Å². The zero-order chi connectivity index (χ0) is 7.40. The molecule has 10 heavy (non-hydrogen) atoms. The molecule has 0 saturated carbocycles. The van der Waals surface area contributed by atoms with Crippen LogP contribution in [0.5, 0.6) is 0 Å². The Morgan fingerprint density at radius 1 is 1.80 bits per heavy atom. The number of rotatable bonds is 3. The maximum atomic E-state index is 8.71. The maximum Gasteiger partial charge on any atom is 0.0794 e. The Kier molecular flexibility index (Phi) is 2.83. The van der Waals surface area contributed by atoms with E-state index in [9.17, 15) is 0 Å². The summed E-state index contributed by atoms with van der Waals surface area (Å²) in [6.45, 7) is 2.26. The van der Waals surface area contributed by atoms with Gasteiger partial charge in [-0.05, 0) is 12.3 Å². The number of hydrogen-bond acceptors (Lipinski definition) is 3. The van der Waals surface area contributed by atoms with Crippen molar-refractivity contribution in [2.45, 2.75) is 13.3 Å². The van der Waals surface area contributed by atoms with E-state index in [0.717, 1.165) is 12.1 Å². The van der Waals surface area contributed by atoms with Crippen molar-refractivity contribution in [2.24, 2.45) is 5.92 Å². The number of aliphatic hydroxyl groups excluding tert-OH is 1. The minimum atomic E-state index is 0.248. The monoisotopic (exact) mass is 157 g/mol. The van der Waals surface area contributed by atoms with Crippen LogP contribution < -0.4 is 0 Å². The first-order chi connectivity index (χ1) is 4.83. The fraction of sp³-hybridized carbons (Fsp3) is 0.571. The Hall–Kier alpha value is -0.410. The lowest BCUT2D eigenvalue weighted by Gasteiger charge is -2.02. The molecule has 0 aromatic carbocycles. The summed E-state index contributed by atoms with van der Waals surface area (Å²) in [4.78, 5) is 4.11. The molecule has 0 saturated heterocycles. The van der Waals surface area contributed by atoms with Crippen LogP contribution in [0.4, 0.5) is 0 Å². The van der Waals surface area contributed by atoms with E-state index in [4.69, 9.17) is 5.11 Å². The quantitative estimate of drug-likeness (QED) is 0.717. The van der Waals surface area contributed by atoms with Crippen LogP contribution in [-0.4, -0.2) is 16.7 Å². The van der Waals surface area contributed by atoms with Gasteiger partial charge in [-0.2, -0.15) is 0 Å². The average molecular weight is 157 g/mol. The second-order valence-electron chi connectivity index (χ2n) is 2.47. The third kappa shape index (κ3) is 2.08. The summed E-state index contributed by atoms with van der Waals surface area (Å²) < 4.78 is 0. The number of aliphatic hydroxyl groups is 1. The molecule has 0 aliphatic carbocycles. The Morgan fingerprint density at radius 2 is 2.60 bits per heavy atom. The predicted molar refractivity (Wildman–Crippen MR) is 42.1 cm³/mol. The zero-order valence-electron chi connectivity index (χ0n) is 5.95. The van der Waals surface area contributed by atoms with E-state index in [0.29, 0.717) is 5.92 Å².